The first-order chi connectivity index (χ1) is 23.6. The highest BCUT2D eigenvalue weighted by Crippen LogP contribution is 2.43. The van der Waals surface area contributed by atoms with Crippen LogP contribution in [-0.2, 0) is 15.9 Å². The zero-order valence-electron chi connectivity index (χ0n) is 26.8. The number of fused-ring (bicyclic) bond motifs is 1. The maximum absolute atomic E-state index is 15.1. The smallest absolute Gasteiger partial charge is 0.393 e. The lowest BCUT2D eigenvalue weighted by Crippen LogP contribution is -2.68. The van der Waals surface area contributed by atoms with Crippen LogP contribution in [0.4, 0.5) is 43.4 Å². The van der Waals surface area contributed by atoms with Gasteiger partial charge < -0.3 is 29.7 Å². The Balaban J connectivity index is 1.06. The number of nitrogens with zero attached hydrogens (tertiary/aromatic N) is 2. The van der Waals surface area contributed by atoms with Gasteiger partial charge in [0.05, 0.1) is 66.0 Å². The molecule has 2 N–H and O–H groups in total. The van der Waals surface area contributed by atoms with Crippen molar-refractivity contribution in [2.24, 2.45) is 5.41 Å². The first kappa shape index (κ1) is 34.1. The molecule has 3 aliphatic heterocycles. The van der Waals surface area contributed by atoms with Crippen molar-refractivity contribution in [3.63, 3.8) is 0 Å². The number of hydrogen-bond acceptors (Lipinski definition) is 8. The predicted octanol–water partition coefficient (Wildman–Crippen LogP) is 7.10. The molecule has 0 radical (unpaired) electrons. The van der Waals surface area contributed by atoms with Gasteiger partial charge in [0.15, 0.2) is 5.75 Å². The summed E-state index contributed by atoms with van der Waals surface area (Å²) in [4.78, 5) is 4.52. The van der Waals surface area contributed by atoms with Crippen LogP contribution in [-0.4, -0.2) is 88.9 Å². The third-order valence-electron chi connectivity index (χ3n) is 9.85. The van der Waals surface area contributed by atoms with Crippen LogP contribution in [0.15, 0.2) is 30.3 Å². The highest BCUT2D eigenvalue weighted by atomic mass is 32.1. The number of halogens is 6. The number of hydrogen-bond donors (Lipinski definition) is 2. The van der Waals surface area contributed by atoms with Crippen molar-refractivity contribution >= 4 is 38.5 Å². The van der Waals surface area contributed by atoms with Crippen LogP contribution in [0.5, 0.6) is 5.75 Å². The fourth-order valence-corrected chi connectivity index (χ4v) is 8.57. The largest absolute Gasteiger partial charge is 0.433 e. The van der Waals surface area contributed by atoms with Gasteiger partial charge in [-0.05, 0) is 42.7 Å². The second kappa shape index (κ2) is 14.1. The number of rotatable bonds is 9. The normalized spacial score (nSPS) is 22.4. The molecule has 49 heavy (non-hydrogen) atoms. The molecule has 1 aromatic heterocycles. The van der Waals surface area contributed by atoms with Gasteiger partial charge in [0.1, 0.15) is 5.82 Å². The Morgan fingerprint density at radius 1 is 1.02 bits per heavy atom. The lowest BCUT2D eigenvalue weighted by molar-refractivity contribution is -0.200. The van der Waals surface area contributed by atoms with Crippen LogP contribution in [0, 0.1) is 23.1 Å². The molecule has 3 aromatic rings. The topological polar surface area (TPSA) is 58.2 Å². The number of thiophene rings is 1. The van der Waals surface area contributed by atoms with Crippen molar-refractivity contribution in [2.45, 2.75) is 57.0 Å². The van der Waals surface area contributed by atoms with Crippen molar-refractivity contribution in [1.29, 1.82) is 0 Å². The Labute approximate surface area is 284 Å². The maximum atomic E-state index is 15.1. The van der Waals surface area contributed by atoms with Gasteiger partial charge >= 0.3 is 12.8 Å². The molecule has 2 aromatic carbocycles. The van der Waals surface area contributed by atoms with Crippen LogP contribution in [0.25, 0.3) is 10.1 Å². The summed E-state index contributed by atoms with van der Waals surface area (Å²) < 4.78 is 98.9. The Kier molecular flexibility index (Phi) is 9.80. The monoisotopic (exact) mass is 708 g/mol. The summed E-state index contributed by atoms with van der Waals surface area (Å²) in [6.07, 6.45) is -1.49. The summed E-state index contributed by atoms with van der Waals surface area (Å²) in [5.41, 5.74) is 1.35. The Morgan fingerprint density at radius 3 is 2.45 bits per heavy atom. The molecule has 4 aliphatic rings. The molecule has 0 unspecified atom stereocenters. The molecule has 7 rings (SSSR count). The van der Waals surface area contributed by atoms with Crippen LogP contribution in [0.1, 0.15) is 36.1 Å². The van der Waals surface area contributed by atoms with E-state index in [1.807, 2.05) is 6.07 Å². The number of nitrogens with one attached hydrogen (secondary N) is 2. The Morgan fingerprint density at radius 2 is 1.78 bits per heavy atom. The lowest BCUT2D eigenvalue weighted by Gasteiger charge is -2.58. The summed E-state index contributed by atoms with van der Waals surface area (Å²) in [5.74, 6) is 4.79. The highest BCUT2D eigenvalue weighted by Gasteiger charge is 2.50. The molecular formula is C35H38F6N4O3S. The average Bonchev–Trinajstić information content (AvgIpc) is 3.36. The van der Waals surface area contributed by atoms with E-state index in [4.69, 9.17) is 9.47 Å². The third-order valence-corrected chi connectivity index (χ3v) is 11.0. The first-order valence-corrected chi connectivity index (χ1v) is 17.4. The van der Waals surface area contributed by atoms with Gasteiger partial charge in [-0.3, -0.25) is 4.90 Å². The van der Waals surface area contributed by atoms with E-state index in [1.165, 1.54) is 17.4 Å². The molecule has 14 heteroatoms. The van der Waals surface area contributed by atoms with Gasteiger partial charge in [0, 0.05) is 55.8 Å². The van der Waals surface area contributed by atoms with Gasteiger partial charge in [-0.25, -0.2) is 4.39 Å². The second-order valence-electron chi connectivity index (χ2n) is 13.4. The first-order valence-electron chi connectivity index (χ1n) is 16.6. The zero-order valence-corrected chi connectivity index (χ0v) is 27.6. The van der Waals surface area contributed by atoms with Crippen molar-refractivity contribution in [1.82, 2.24) is 4.90 Å². The predicted molar refractivity (Wildman–Crippen MR) is 178 cm³/mol. The molecule has 7 nitrogen and oxygen atoms in total. The van der Waals surface area contributed by atoms with Crippen molar-refractivity contribution < 1.29 is 40.6 Å². The Bertz CT molecular complexity index is 1700. The molecule has 4 fully saturated rings. The lowest BCUT2D eigenvalue weighted by atomic mass is 9.75. The zero-order chi connectivity index (χ0) is 34.2. The van der Waals surface area contributed by atoms with Crippen molar-refractivity contribution in [3.05, 3.63) is 46.6 Å². The Hall–Kier alpha value is -3.38. The average molecular weight is 709 g/mol. The molecule has 1 spiro atoms. The minimum atomic E-state index is -4.45. The number of benzene rings is 2. The van der Waals surface area contributed by atoms with E-state index in [1.54, 1.807) is 17.0 Å². The van der Waals surface area contributed by atoms with E-state index in [9.17, 15) is 22.0 Å². The molecule has 3 saturated heterocycles. The van der Waals surface area contributed by atoms with E-state index in [-0.39, 0.29) is 40.2 Å². The van der Waals surface area contributed by atoms with E-state index < -0.39 is 25.0 Å². The third kappa shape index (κ3) is 7.70. The number of ether oxygens (including phenoxy) is 3. The second-order valence-corrected chi connectivity index (χ2v) is 14.4. The van der Waals surface area contributed by atoms with E-state index in [2.05, 4.69) is 32.1 Å². The van der Waals surface area contributed by atoms with Crippen LogP contribution >= 0.6 is 11.3 Å². The van der Waals surface area contributed by atoms with Crippen molar-refractivity contribution in [3.8, 4) is 17.6 Å². The van der Waals surface area contributed by atoms with Crippen LogP contribution in [0.2, 0.25) is 0 Å². The van der Waals surface area contributed by atoms with Crippen LogP contribution in [0.3, 0.4) is 0 Å². The van der Waals surface area contributed by atoms with Gasteiger partial charge in [0.25, 0.3) is 0 Å². The standard InChI is InChI=1S/C35H38F6N4O3S/c36-26-15-28(30(48-33(37)38)16-29(26)44-11-13-46-14-12-44)42-10-2-5-31-25(17-35(39,40)41)24-3-1-4-27(32(24)49-31)43-22-6-8-23(9-7-22)45-18-34(19-45)20-47-21-34/h1,3-4,15-16,22-23,33,42-43H,6-14,17-21H2. The molecule has 264 valence electrons. The molecule has 1 aliphatic carbocycles. The van der Waals surface area contributed by atoms with E-state index >= 15 is 4.39 Å². The van der Waals surface area contributed by atoms with Gasteiger partial charge in [-0.2, -0.15) is 22.0 Å². The minimum absolute atomic E-state index is 0.0390. The van der Waals surface area contributed by atoms with Gasteiger partial charge in [0.2, 0.25) is 0 Å². The summed E-state index contributed by atoms with van der Waals surface area (Å²) in [7, 11) is 0. The van der Waals surface area contributed by atoms with Crippen molar-refractivity contribution in [2.75, 3.05) is 74.7 Å². The number of morpholine rings is 1. The molecular weight excluding hydrogens is 670 g/mol. The molecule has 0 bridgehead atoms. The SMILES string of the molecule is Fc1cc(NCC#Cc2sc3c(NC4CCC(N5CC6(COC6)C5)CC4)cccc3c2CC(F)(F)F)c(OC(F)F)cc1N1CCOCC1. The molecule has 4 heterocycles. The molecule has 1 saturated carbocycles. The molecule has 0 atom stereocenters. The fourth-order valence-electron chi connectivity index (χ4n) is 7.40. The number of alkyl halides is 5. The number of likely N-dealkylation sites (tertiary alicyclic amines) is 1. The quantitative estimate of drug-likeness (QED) is 0.182. The minimum Gasteiger partial charge on any atom is -0.433 e. The summed E-state index contributed by atoms with van der Waals surface area (Å²) >= 11 is 1.20. The van der Waals surface area contributed by atoms with Crippen LogP contribution < -0.4 is 20.3 Å². The van der Waals surface area contributed by atoms with Gasteiger partial charge in [-0.1, -0.05) is 24.0 Å². The summed E-state index contributed by atoms with van der Waals surface area (Å²) in [6, 6.07) is 8.41. The maximum Gasteiger partial charge on any atom is 0.393 e. The van der Waals surface area contributed by atoms with E-state index in [0.29, 0.717) is 47.8 Å². The highest BCUT2D eigenvalue weighted by molar-refractivity contribution is 7.20. The molecule has 0 amide bonds. The number of anilines is 3. The summed E-state index contributed by atoms with van der Waals surface area (Å²) in [6.45, 7) is 2.20. The fraction of sp³-hybridized carbons (Fsp3) is 0.543. The van der Waals surface area contributed by atoms with E-state index in [0.717, 1.165) is 63.7 Å². The summed E-state index contributed by atoms with van der Waals surface area (Å²) in [5, 5.41) is 6.92. The van der Waals surface area contributed by atoms with Gasteiger partial charge in [-0.15, -0.1) is 11.3 Å².